The van der Waals surface area contributed by atoms with E-state index in [9.17, 15) is 57.4 Å². The average Bonchev–Trinajstić information content (AvgIpc) is 3.74. The van der Waals surface area contributed by atoms with Crippen molar-refractivity contribution in [2.75, 3.05) is 36.9 Å². The van der Waals surface area contributed by atoms with Crippen LogP contribution in [0, 0.1) is 11.8 Å². The van der Waals surface area contributed by atoms with Gasteiger partial charge in [0.25, 0.3) is 0 Å². The summed E-state index contributed by atoms with van der Waals surface area (Å²) in [4.78, 5) is 115. The van der Waals surface area contributed by atoms with Crippen molar-refractivity contribution >= 4 is 97.5 Å². The van der Waals surface area contributed by atoms with E-state index in [1.807, 2.05) is 0 Å². The highest BCUT2D eigenvalue weighted by Gasteiger charge is 2.43. The Morgan fingerprint density at radius 3 is 2.34 bits per heavy atom. The second-order valence-corrected chi connectivity index (χ2v) is 20.6. The van der Waals surface area contributed by atoms with Crippen LogP contribution in [0.2, 0.25) is 0 Å². The lowest BCUT2D eigenvalue weighted by atomic mass is 10.1. The van der Waals surface area contributed by atoms with Gasteiger partial charge in [-0.1, -0.05) is 39.8 Å². The number of nitrogens with zero attached hydrogens (tertiary/aromatic N) is 3. The van der Waals surface area contributed by atoms with Gasteiger partial charge in [0.2, 0.25) is 23.6 Å². The molecule has 1 fully saturated rings. The highest BCUT2D eigenvalue weighted by atomic mass is 33.1. The number of amides is 4. The maximum atomic E-state index is 12.7. The molecule has 3 rings (SSSR count). The van der Waals surface area contributed by atoms with E-state index in [1.54, 1.807) is 0 Å². The van der Waals surface area contributed by atoms with Crippen LogP contribution in [0.1, 0.15) is 63.7 Å². The maximum absolute atomic E-state index is 12.7. The van der Waals surface area contributed by atoms with E-state index >= 15 is 0 Å². The topological polar surface area (TPSA) is 437 Å². The summed E-state index contributed by atoms with van der Waals surface area (Å²) >= 11 is 0. The van der Waals surface area contributed by atoms with Crippen molar-refractivity contribution in [2.24, 2.45) is 0 Å². The number of carbonyl (C=O) groups excluding carboxylic acids is 4. The van der Waals surface area contributed by atoms with Crippen LogP contribution in [-0.2, 0) is 60.3 Å². The number of phosphoric acid groups is 3. The number of phosphoric ester groups is 1. The summed E-state index contributed by atoms with van der Waals surface area (Å²) in [7, 11) is -14.3. The number of rotatable bonds is 27. The Morgan fingerprint density at radius 2 is 1.68 bits per heavy atom. The number of nitrogens with two attached hydrogens (primary N) is 1. The number of unbranched alkanes of at least 4 members (excludes halogenated alkanes) is 2. The van der Waals surface area contributed by atoms with Gasteiger partial charge >= 0.3 is 35.4 Å². The predicted octanol–water partition coefficient (Wildman–Crippen LogP) is -0.530. The fourth-order valence-electron chi connectivity index (χ4n) is 5.60. The number of aliphatic carboxylic acids is 2. The number of ether oxygens (including phenoxy) is 1. The molecule has 0 radical (unpaired) electrons. The van der Waals surface area contributed by atoms with E-state index in [0.717, 1.165) is 6.33 Å². The standard InChI is InChI=1S/C32H47N8O20P3S2/c1-18(41)38-21(31(47)35-9-4-2-3-7-25(44)39-20(32(48)49)12-27(45)46)16-65-64-11-8-24(43)34-10-5-6-19-14-40(30-28(19)29(33)36-17-37-30)26-13-22(42)23(58-26)15-57-62(53,54)60-63(55,56)59-61(50,51)52/h14,17,20-23,26,42H,2-4,7-13,15-16H2,1H3,(H,34,43)(H,35,47)(H,38,41)(H,39,44)(H,45,46)(H,48,49)(H,53,54)(H,55,56)(H2,33,36,37)(H2,50,51,52). The summed E-state index contributed by atoms with van der Waals surface area (Å²) in [6.45, 7) is 0.503. The molecule has 7 unspecified atom stereocenters. The lowest BCUT2D eigenvalue weighted by Gasteiger charge is -2.19. The maximum Gasteiger partial charge on any atom is 0.490 e. The highest BCUT2D eigenvalue weighted by molar-refractivity contribution is 8.76. The minimum Gasteiger partial charge on any atom is -0.481 e. The minimum atomic E-state index is -5.77. The number of aliphatic hydroxyl groups excluding tert-OH is 1. The number of carboxylic acids is 2. The van der Waals surface area contributed by atoms with Crippen LogP contribution < -0.4 is 27.0 Å². The Balaban J connectivity index is 1.43. The summed E-state index contributed by atoms with van der Waals surface area (Å²) in [5, 5.41) is 38.8. The summed E-state index contributed by atoms with van der Waals surface area (Å²) in [6, 6.07) is -2.42. The highest BCUT2D eigenvalue weighted by Crippen LogP contribution is 2.66. The van der Waals surface area contributed by atoms with Crippen molar-refractivity contribution in [3.05, 3.63) is 18.1 Å². The predicted molar refractivity (Wildman–Crippen MR) is 227 cm³/mol. The Bertz CT molecular complexity index is 2260. The molecule has 0 aromatic carbocycles. The SMILES string of the molecule is CC(=O)NC(CSSCCC(=O)NCC#Cc1cn(C2CC(O)C(COP(=O)(O)OP(=O)(O)OP(=O)(O)O)O2)c2ncnc(N)c12)C(=O)NCCCCCC(=O)NC(CC(=O)O)C(=O)O. The number of nitrogen functional groups attached to an aromatic ring is 1. The summed E-state index contributed by atoms with van der Waals surface area (Å²) in [5.74, 6) is 1.55. The van der Waals surface area contributed by atoms with Crippen molar-refractivity contribution in [3.8, 4) is 11.8 Å². The van der Waals surface area contributed by atoms with Gasteiger partial charge in [0, 0.05) is 50.4 Å². The molecule has 7 atom stereocenters. The van der Waals surface area contributed by atoms with Crippen LogP contribution in [0.5, 0.6) is 0 Å². The first-order chi connectivity index (χ1) is 30.4. The Hall–Kier alpha value is -4.17. The van der Waals surface area contributed by atoms with Gasteiger partial charge in [-0.2, -0.15) is 8.62 Å². The lowest BCUT2D eigenvalue weighted by Crippen LogP contribution is -2.47. The Kier molecular flexibility index (Phi) is 21.8. The van der Waals surface area contributed by atoms with Crippen LogP contribution in [0.15, 0.2) is 12.5 Å². The van der Waals surface area contributed by atoms with Crippen molar-refractivity contribution < 1.29 is 95.2 Å². The number of fused-ring (bicyclic) bond motifs is 1. The van der Waals surface area contributed by atoms with E-state index < -0.39 is 96.7 Å². The number of aliphatic hydroxyl groups is 1. The minimum absolute atomic E-state index is 0.0314. The molecule has 0 aliphatic carbocycles. The monoisotopic (exact) mass is 1020 g/mol. The van der Waals surface area contributed by atoms with Crippen LogP contribution in [0.4, 0.5) is 5.82 Å². The summed E-state index contributed by atoms with van der Waals surface area (Å²) in [5.41, 5.74) is 6.62. The number of aromatic nitrogens is 3. The van der Waals surface area contributed by atoms with Crippen LogP contribution >= 0.6 is 45.1 Å². The van der Waals surface area contributed by atoms with E-state index in [-0.39, 0.29) is 55.5 Å². The third-order valence-electron chi connectivity index (χ3n) is 8.38. The van der Waals surface area contributed by atoms with Gasteiger partial charge in [-0.3, -0.25) is 28.5 Å². The molecule has 1 aliphatic rings. The molecule has 2 aromatic heterocycles. The molecule has 362 valence electrons. The van der Waals surface area contributed by atoms with Gasteiger partial charge in [0.05, 0.1) is 36.6 Å². The molecule has 0 spiro atoms. The molecule has 0 bridgehead atoms. The first kappa shape index (κ1) is 55.2. The van der Waals surface area contributed by atoms with E-state index in [4.69, 9.17) is 30.5 Å². The number of nitrogens with one attached hydrogen (secondary N) is 4. The fraction of sp³-hybridized carbons (Fsp3) is 0.562. The molecular formula is C32H47N8O20P3S2. The number of carbonyl (C=O) groups is 6. The van der Waals surface area contributed by atoms with Crippen LogP contribution in [-0.4, -0.2) is 140 Å². The largest absolute Gasteiger partial charge is 0.490 e. The number of hydrogen-bond donors (Lipinski definition) is 12. The van der Waals surface area contributed by atoms with E-state index in [0.29, 0.717) is 36.0 Å². The number of anilines is 1. The second kappa shape index (κ2) is 25.7. The summed E-state index contributed by atoms with van der Waals surface area (Å²) < 4.78 is 53.8. The van der Waals surface area contributed by atoms with Gasteiger partial charge in [-0.25, -0.2) is 28.5 Å². The average molecular weight is 1020 g/mol. The van der Waals surface area contributed by atoms with Crippen molar-refractivity contribution in [2.45, 2.75) is 82.4 Å². The van der Waals surface area contributed by atoms with Gasteiger partial charge in [-0.15, -0.1) is 0 Å². The second-order valence-electron chi connectivity index (χ2n) is 13.6. The zero-order valence-corrected chi connectivity index (χ0v) is 38.4. The quantitative estimate of drug-likeness (QED) is 0.0232. The molecular weight excluding hydrogens is 973 g/mol. The van der Waals surface area contributed by atoms with Gasteiger partial charge in [0.15, 0.2) is 0 Å². The fourth-order valence-corrected chi connectivity index (χ4v) is 10.8. The third-order valence-corrected chi connectivity index (χ3v) is 14.6. The lowest BCUT2D eigenvalue weighted by molar-refractivity contribution is -0.147. The van der Waals surface area contributed by atoms with Gasteiger partial charge in [-0.05, 0) is 12.8 Å². The zero-order valence-electron chi connectivity index (χ0n) is 34.0. The van der Waals surface area contributed by atoms with Gasteiger partial charge in [0.1, 0.15) is 42.2 Å². The molecule has 3 heterocycles. The molecule has 33 heteroatoms. The Morgan fingerprint density at radius 1 is 0.954 bits per heavy atom. The molecule has 1 aliphatic heterocycles. The van der Waals surface area contributed by atoms with E-state index in [2.05, 4.69) is 56.2 Å². The molecule has 13 N–H and O–H groups in total. The first-order valence-electron chi connectivity index (χ1n) is 18.9. The molecule has 2 aromatic rings. The van der Waals surface area contributed by atoms with Crippen LogP contribution in [0.25, 0.3) is 11.0 Å². The Labute approximate surface area is 376 Å². The van der Waals surface area contributed by atoms with Gasteiger partial charge < -0.3 is 71.2 Å². The first-order valence-corrected chi connectivity index (χ1v) is 25.9. The van der Waals surface area contributed by atoms with Crippen LogP contribution in [0.3, 0.4) is 0 Å². The van der Waals surface area contributed by atoms with Crippen molar-refractivity contribution in [3.63, 3.8) is 0 Å². The third kappa shape index (κ3) is 20.1. The molecule has 65 heavy (non-hydrogen) atoms. The molecule has 0 saturated carbocycles. The van der Waals surface area contributed by atoms with E-state index in [1.165, 1.54) is 39.3 Å². The number of carboxylic acid groups (broad SMARTS) is 2. The number of hydrogen-bond acceptors (Lipinski definition) is 19. The normalized spacial score (nSPS) is 18.8. The molecule has 4 amide bonds. The summed E-state index contributed by atoms with van der Waals surface area (Å²) in [6.07, 6.45) is -0.551. The zero-order chi connectivity index (χ0) is 48.5. The van der Waals surface area contributed by atoms with Crippen molar-refractivity contribution in [1.82, 2.24) is 35.8 Å². The molecule has 1 saturated heterocycles. The van der Waals surface area contributed by atoms with Crippen molar-refractivity contribution in [1.29, 1.82) is 0 Å². The molecule has 28 nitrogen and oxygen atoms in total. The smallest absolute Gasteiger partial charge is 0.481 e.